The van der Waals surface area contributed by atoms with Crippen molar-refractivity contribution in [2.75, 3.05) is 5.32 Å². The Morgan fingerprint density at radius 1 is 1.11 bits per heavy atom. The normalized spacial score (nSPS) is 24.6. The highest BCUT2D eigenvalue weighted by atomic mass is 35.5. The van der Waals surface area contributed by atoms with E-state index in [2.05, 4.69) is 15.5 Å². The van der Waals surface area contributed by atoms with E-state index in [0.29, 0.717) is 22.8 Å². The second-order valence-electron chi connectivity index (χ2n) is 7.46. The molecule has 2 bridgehead atoms. The van der Waals surface area contributed by atoms with Crippen LogP contribution in [0.5, 0.6) is 0 Å². The van der Waals surface area contributed by atoms with Crippen LogP contribution >= 0.6 is 11.6 Å². The number of halogens is 2. The quantitative estimate of drug-likeness (QED) is 0.791. The minimum Gasteiger partial charge on any atom is -0.335 e. The smallest absolute Gasteiger partial charge is 0.319 e. The Morgan fingerprint density at radius 2 is 1.81 bits per heavy atom. The van der Waals surface area contributed by atoms with Gasteiger partial charge in [0.05, 0.1) is 0 Å². The zero-order valence-corrected chi connectivity index (χ0v) is 15.8. The number of anilines is 1. The topological polar surface area (TPSA) is 44.4 Å². The van der Waals surface area contributed by atoms with E-state index in [9.17, 15) is 9.18 Å². The van der Waals surface area contributed by atoms with Gasteiger partial charge in [-0.05, 0) is 61.6 Å². The van der Waals surface area contributed by atoms with E-state index in [4.69, 9.17) is 11.6 Å². The van der Waals surface area contributed by atoms with Gasteiger partial charge in [-0.1, -0.05) is 29.8 Å². The van der Waals surface area contributed by atoms with Gasteiger partial charge in [0, 0.05) is 35.4 Å². The van der Waals surface area contributed by atoms with Gasteiger partial charge >= 0.3 is 6.03 Å². The molecule has 2 saturated heterocycles. The van der Waals surface area contributed by atoms with Gasteiger partial charge in [0.1, 0.15) is 5.82 Å². The summed E-state index contributed by atoms with van der Waals surface area (Å²) in [6, 6.07) is 14.8. The Labute approximate surface area is 163 Å². The van der Waals surface area contributed by atoms with Crippen molar-refractivity contribution in [3.05, 3.63) is 64.9 Å². The van der Waals surface area contributed by atoms with Crippen LogP contribution in [0.15, 0.2) is 48.5 Å². The first-order valence-corrected chi connectivity index (χ1v) is 9.78. The second kappa shape index (κ2) is 7.87. The number of rotatable bonds is 4. The van der Waals surface area contributed by atoms with Crippen LogP contribution in [0.3, 0.4) is 0 Å². The zero-order valence-electron chi connectivity index (χ0n) is 15.0. The molecule has 4 rings (SSSR count). The van der Waals surface area contributed by atoms with Crippen molar-refractivity contribution in [2.24, 2.45) is 0 Å². The van der Waals surface area contributed by atoms with E-state index in [1.54, 1.807) is 12.1 Å². The molecule has 2 fully saturated rings. The maximum atomic E-state index is 13.1. The fourth-order valence-electron chi connectivity index (χ4n) is 4.37. The molecule has 27 heavy (non-hydrogen) atoms. The highest BCUT2D eigenvalue weighted by Crippen LogP contribution is 2.36. The number of hydrogen-bond acceptors (Lipinski definition) is 2. The SMILES string of the molecule is O=C(Nc1cccc(Cl)c1)NC1C[C@H]2CC[C@@H](C1)N2Cc1ccc(F)cc1. The summed E-state index contributed by atoms with van der Waals surface area (Å²) in [5.41, 5.74) is 1.83. The molecular formula is C21H23ClFN3O. The molecule has 6 heteroatoms. The number of hydrogen-bond donors (Lipinski definition) is 2. The Bertz CT molecular complexity index is 799. The molecule has 2 heterocycles. The summed E-state index contributed by atoms with van der Waals surface area (Å²) in [5.74, 6) is -0.199. The fourth-order valence-corrected chi connectivity index (χ4v) is 4.56. The van der Waals surface area contributed by atoms with Gasteiger partial charge in [-0.15, -0.1) is 0 Å². The molecule has 0 spiro atoms. The molecule has 142 valence electrons. The van der Waals surface area contributed by atoms with Crippen LogP contribution < -0.4 is 10.6 Å². The summed E-state index contributed by atoms with van der Waals surface area (Å²) in [7, 11) is 0. The van der Waals surface area contributed by atoms with Gasteiger partial charge in [-0.2, -0.15) is 0 Å². The number of benzene rings is 2. The predicted octanol–water partition coefficient (Wildman–Crippen LogP) is 4.80. The summed E-state index contributed by atoms with van der Waals surface area (Å²) in [4.78, 5) is 14.8. The lowest BCUT2D eigenvalue weighted by Gasteiger charge is -2.39. The van der Waals surface area contributed by atoms with E-state index in [0.717, 1.165) is 37.8 Å². The molecule has 2 aromatic rings. The number of nitrogens with zero attached hydrogens (tertiary/aromatic N) is 1. The van der Waals surface area contributed by atoms with Crippen LogP contribution in [0.1, 0.15) is 31.2 Å². The number of carbonyl (C=O) groups excluding carboxylic acids is 1. The lowest BCUT2D eigenvalue weighted by Crippen LogP contribution is -2.50. The Morgan fingerprint density at radius 3 is 2.48 bits per heavy atom. The third-order valence-corrected chi connectivity index (χ3v) is 5.82. The average molecular weight is 388 g/mol. The summed E-state index contributed by atoms with van der Waals surface area (Å²) >= 11 is 5.96. The van der Waals surface area contributed by atoms with E-state index in [1.807, 2.05) is 24.3 Å². The van der Waals surface area contributed by atoms with Crippen molar-refractivity contribution in [3.8, 4) is 0 Å². The first-order valence-electron chi connectivity index (χ1n) is 9.40. The van der Waals surface area contributed by atoms with E-state index in [1.165, 1.54) is 12.1 Å². The lowest BCUT2D eigenvalue weighted by molar-refractivity contribution is 0.112. The molecular weight excluding hydrogens is 365 g/mol. The summed E-state index contributed by atoms with van der Waals surface area (Å²) < 4.78 is 13.1. The van der Waals surface area contributed by atoms with Crippen molar-refractivity contribution in [2.45, 2.75) is 50.4 Å². The second-order valence-corrected chi connectivity index (χ2v) is 7.90. The largest absolute Gasteiger partial charge is 0.335 e. The van der Waals surface area contributed by atoms with Gasteiger partial charge in [0.25, 0.3) is 0 Å². The molecule has 0 radical (unpaired) electrons. The highest BCUT2D eigenvalue weighted by Gasteiger charge is 2.40. The van der Waals surface area contributed by atoms with Gasteiger partial charge in [0.2, 0.25) is 0 Å². The molecule has 2 aromatic carbocycles. The van der Waals surface area contributed by atoms with Crippen molar-refractivity contribution < 1.29 is 9.18 Å². The molecule has 0 saturated carbocycles. The number of urea groups is 1. The molecule has 2 aliphatic rings. The molecule has 1 unspecified atom stereocenters. The van der Waals surface area contributed by atoms with Crippen LogP contribution in [0.2, 0.25) is 5.02 Å². The fraction of sp³-hybridized carbons (Fsp3) is 0.381. The summed E-state index contributed by atoms with van der Waals surface area (Å²) in [5, 5.41) is 6.56. The average Bonchev–Trinajstić information content (AvgIpc) is 2.86. The molecule has 2 N–H and O–H groups in total. The predicted molar refractivity (Wildman–Crippen MR) is 105 cm³/mol. The van der Waals surface area contributed by atoms with Crippen LogP contribution in [0, 0.1) is 5.82 Å². The number of amides is 2. The maximum absolute atomic E-state index is 13.1. The highest BCUT2D eigenvalue weighted by molar-refractivity contribution is 6.30. The molecule has 2 amide bonds. The number of fused-ring (bicyclic) bond motifs is 2. The maximum Gasteiger partial charge on any atom is 0.319 e. The summed E-state index contributed by atoms with van der Waals surface area (Å²) in [6.07, 6.45) is 4.20. The minimum atomic E-state index is -0.199. The van der Waals surface area contributed by atoms with Crippen molar-refractivity contribution in [1.29, 1.82) is 0 Å². The first kappa shape index (κ1) is 18.3. The van der Waals surface area contributed by atoms with Crippen LogP contribution in [-0.2, 0) is 6.54 Å². The first-order chi connectivity index (χ1) is 13.1. The number of carbonyl (C=O) groups is 1. The van der Waals surface area contributed by atoms with Gasteiger partial charge in [-0.25, -0.2) is 9.18 Å². The Hall–Kier alpha value is -2.11. The van der Waals surface area contributed by atoms with Crippen molar-refractivity contribution in [3.63, 3.8) is 0 Å². The minimum absolute atomic E-state index is 0.172. The lowest BCUT2D eigenvalue weighted by atomic mass is 9.96. The zero-order chi connectivity index (χ0) is 18.8. The van der Waals surface area contributed by atoms with E-state index in [-0.39, 0.29) is 17.9 Å². The molecule has 2 aliphatic heterocycles. The summed E-state index contributed by atoms with van der Waals surface area (Å²) in [6.45, 7) is 0.844. The standard InChI is InChI=1S/C21H23ClFN3O/c22-15-2-1-3-17(10-15)24-21(27)25-18-11-19-8-9-20(12-18)26(19)13-14-4-6-16(23)7-5-14/h1-7,10,18-20H,8-9,11-13H2,(H2,24,25,27)/t18?,19-,20+. The Kier molecular flexibility index (Phi) is 5.32. The van der Waals surface area contributed by atoms with E-state index < -0.39 is 0 Å². The van der Waals surface area contributed by atoms with Crippen molar-refractivity contribution in [1.82, 2.24) is 10.2 Å². The van der Waals surface area contributed by atoms with E-state index >= 15 is 0 Å². The van der Waals surface area contributed by atoms with Gasteiger partial charge in [-0.3, -0.25) is 4.90 Å². The third-order valence-electron chi connectivity index (χ3n) is 5.58. The van der Waals surface area contributed by atoms with Crippen molar-refractivity contribution >= 4 is 23.3 Å². The number of piperidine rings is 1. The van der Waals surface area contributed by atoms with Crippen LogP contribution in [0.4, 0.5) is 14.9 Å². The molecule has 3 atom stereocenters. The monoisotopic (exact) mass is 387 g/mol. The Balaban J connectivity index is 1.33. The van der Waals surface area contributed by atoms with Crippen LogP contribution in [-0.4, -0.2) is 29.1 Å². The van der Waals surface area contributed by atoms with Gasteiger partial charge in [0.15, 0.2) is 0 Å². The third kappa shape index (κ3) is 4.42. The molecule has 0 aliphatic carbocycles. The van der Waals surface area contributed by atoms with Crippen LogP contribution in [0.25, 0.3) is 0 Å². The molecule has 4 nitrogen and oxygen atoms in total. The van der Waals surface area contributed by atoms with Gasteiger partial charge < -0.3 is 10.6 Å². The number of nitrogens with one attached hydrogen (secondary N) is 2. The molecule has 0 aromatic heterocycles.